The molecule has 11 nitrogen and oxygen atoms in total. The van der Waals surface area contributed by atoms with Crippen LogP contribution < -0.4 is 14.4 Å². The minimum Gasteiger partial charge on any atom is -0.495 e. The quantitative estimate of drug-likeness (QED) is 0.231. The molecule has 1 N–H and O–H groups in total. The Morgan fingerprint density at radius 2 is 1.81 bits per heavy atom. The first-order chi connectivity index (χ1) is 19.8. The van der Waals surface area contributed by atoms with Gasteiger partial charge in [-0.15, -0.1) is 0 Å². The summed E-state index contributed by atoms with van der Waals surface area (Å²) in [5, 5.41) is 14.4. The number of hydrogen-bond donors (Lipinski definition) is 1. The number of nitrogens with one attached hydrogen (secondary N) is 1. The Hall–Kier alpha value is -4.16. The Morgan fingerprint density at radius 3 is 2.40 bits per heavy atom. The third kappa shape index (κ3) is 7.18. The highest BCUT2D eigenvalue weighted by atomic mass is 35.5. The van der Waals surface area contributed by atoms with Gasteiger partial charge in [0.1, 0.15) is 18.3 Å². The number of nitro groups is 1. The summed E-state index contributed by atoms with van der Waals surface area (Å²) in [6, 6.07) is 14.3. The number of carbonyl (C=O) groups is 2. The van der Waals surface area contributed by atoms with Crippen molar-refractivity contribution in [3.63, 3.8) is 0 Å². The zero-order valence-electron chi connectivity index (χ0n) is 24.0. The van der Waals surface area contributed by atoms with Crippen LogP contribution in [-0.2, 0) is 26.2 Å². The molecule has 13 heteroatoms. The van der Waals surface area contributed by atoms with Gasteiger partial charge in [0.15, 0.2) is 0 Å². The van der Waals surface area contributed by atoms with Crippen LogP contribution in [0.4, 0.5) is 11.4 Å². The van der Waals surface area contributed by atoms with Crippen molar-refractivity contribution in [3.8, 4) is 5.75 Å². The lowest BCUT2D eigenvalue weighted by atomic mass is 10.1. The number of carbonyl (C=O) groups excluding carboxylic acids is 2. The second-order valence-corrected chi connectivity index (χ2v) is 11.9. The van der Waals surface area contributed by atoms with Gasteiger partial charge in [-0.2, -0.15) is 0 Å². The van der Waals surface area contributed by atoms with Crippen LogP contribution in [0.25, 0.3) is 0 Å². The predicted octanol–water partition coefficient (Wildman–Crippen LogP) is 4.62. The molecule has 3 aromatic rings. The summed E-state index contributed by atoms with van der Waals surface area (Å²) in [5.74, 6) is -0.998. The molecule has 0 aliphatic heterocycles. The molecule has 0 unspecified atom stereocenters. The molecule has 0 aliphatic rings. The fourth-order valence-corrected chi connectivity index (χ4v) is 6.14. The van der Waals surface area contributed by atoms with Gasteiger partial charge in [-0.25, -0.2) is 8.42 Å². The molecule has 2 amide bonds. The van der Waals surface area contributed by atoms with Crippen LogP contribution in [0, 0.1) is 24.0 Å². The Balaban J connectivity index is 2.19. The molecule has 1 atom stereocenters. The molecule has 0 aliphatic carbocycles. The fourth-order valence-electron chi connectivity index (χ4n) is 4.54. The zero-order valence-corrected chi connectivity index (χ0v) is 25.5. The summed E-state index contributed by atoms with van der Waals surface area (Å²) in [6.07, 6.45) is 0.259. The highest BCUT2D eigenvalue weighted by Gasteiger charge is 2.35. The largest absolute Gasteiger partial charge is 0.495 e. The van der Waals surface area contributed by atoms with Crippen LogP contribution in [-0.4, -0.2) is 56.8 Å². The van der Waals surface area contributed by atoms with Gasteiger partial charge < -0.3 is 15.0 Å². The third-order valence-corrected chi connectivity index (χ3v) is 8.71. The van der Waals surface area contributed by atoms with Crippen LogP contribution in [0.2, 0.25) is 5.02 Å². The van der Waals surface area contributed by atoms with Gasteiger partial charge in [-0.1, -0.05) is 54.4 Å². The first-order valence-corrected chi connectivity index (χ1v) is 14.8. The lowest BCUT2D eigenvalue weighted by Gasteiger charge is -2.33. The van der Waals surface area contributed by atoms with E-state index in [4.69, 9.17) is 16.3 Å². The molecule has 0 saturated heterocycles. The van der Waals surface area contributed by atoms with Crippen molar-refractivity contribution in [3.05, 3.63) is 92.5 Å². The molecule has 42 heavy (non-hydrogen) atoms. The normalized spacial score (nSPS) is 11.9. The Morgan fingerprint density at radius 1 is 1.10 bits per heavy atom. The van der Waals surface area contributed by atoms with E-state index in [1.165, 1.54) is 56.3 Å². The number of hydrogen-bond acceptors (Lipinski definition) is 7. The number of ether oxygens (including phenoxy) is 1. The number of nitro benzene ring substituents is 1. The smallest absolute Gasteiger partial charge is 0.273 e. The lowest BCUT2D eigenvalue weighted by molar-refractivity contribution is -0.385. The Labute approximate surface area is 250 Å². The molecule has 3 aromatic carbocycles. The van der Waals surface area contributed by atoms with Gasteiger partial charge in [0.05, 0.1) is 22.6 Å². The van der Waals surface area contributed by atoms with E-state index in [9.17, 15) is 28.1 Å². The van der Waals surface area contributed by atoms with Crippen molar-refractivity contribution < 1.29 is 27.7 Å². The fraction of sp³-hybridized carbons (Fsp3) is 0.310. The Bertz CT molecular complexity index is 1600. The molecular weight excluding hydrogens is 584 g/mol. The summed E-state index contributed by atoms with van der Waals surface area (Å²) in [7, 11) is -1.81. The van der Waals surface area contributed by atoms with E-state index in [1.807, 2.05) is 31.2 Å². The highest BCUT2D eigenvalue weighted by Crippen LogP contribution is 2.36. The van der Waals surface area contributed by atoms with Gasteiger partial charge >= 0.3 is 0 Å². The number of likely N-dealkylation sites (N-methyl/N-ethyl adjacent to an activating group) is 1. The zero-order chi connectivity index (χ0) is 31.2. The van der Waals surface area contributed by atoms with Crippen LogP contribution in [0.1, 0.15) is 30.0 Å². The van der Waals surface area contributed by atoms with Crippen molar-refractivity contribution >= 4 is 44.8 Å². The van der Waals surface area contributed by atoms with Gasteiger partial charge in [-0.3, -0.25) is 24.0 Å². The van der Waals surface area contributed by atoms with Crippen LogP contribution in [0.5, 0.6) is 5.75 Å². The average Bonchev–Trinajstić information content (AvgIpc) is 2.95. The molecular formula is C29H33ClN4O7S. The highest BCUT2D eigenvalue weighted by molar-refractivity contribution is 7.92. The van der Waals surface area contributed by atoms with Crippen molar-refractivity contribution in [2.24, 2.45) is 0 Å². The van der Waals surface area contributed by atoms with E-state index in [-0.39, 0.29) is 35.0 Å². The average molecular weight is 617 g/mol. The first-order valence-electron chi connectivity index (χ1n) is 13.0. The molecule has 3 rings (SSSR count). The van der Waals surface area contributed by atoms with Crippen molar-refractivity contribution in [1.29, 1.82) is 0 Å². The van der Waals surface area contributed by atoms with Crippen LogP contribution in [0.3, 0.4) is 0 Å². The van der Waals surface area contributed by atoms with Crippen LogP contribution >= 0.6 is 11.6 Å². The topological polar surface area (TPSA) is 139 Å². The minimum absolute atomic E-state index is 0.0308. The van der Waals surface area contributed by atoms with E-state index in [0.717, 1.165) is 21.5 Å². The minimum atomic E-state index is -4.60. The second kappa shape index (κ2) is 13.7. The van der Waals surface area contributed by atoms with Crippen molar-refractivity contribution in [1.82, 2.24) is 10.2 Å². The van der Waals surface area contributed by atoms with Crippen molar-refractivity contribution in [2.45, 2.75) is 44.7 Å². The molecule has 0 bridgehead atoms. The number of sulfonamides is 1. The predicted molar refractivity (Wildman–Crippen MR) is 160 cm³/mol. The van der Waals surface area contributed by atoms with E-state index >= 15 is 0 Å². The van der Waals surface area contributed by atoms with E-state index in [2.05, 4.69) is 5.32 Å². The molecule has 0 spiro atoms. The monoisotopic (exact) mass is 616 g/mol. The molecule has 0 radical (unpaired) electrons. The maximum atomic E-state index is 14.1. The number of methoxy groups -OCH3 is 1. The number of benzene rings is 3. The number of amides is 2. The van der Waals surface area contributed by atoms with Gasteiger partial charge in [0, 0.05) is 30.2 Å². The van der Waals surface area contributed by atoms with E-state index < -0.39 is 49.9 Å². The summed E-state index contributed by atoms with van der Waals surface area (Å²) in [6.45, 7) is 4.41. The summed E-state index contributed by atoms with van der Waals surface area (Å²) in [4.78, 5) is 38.8. The first kappa shape index (κ1) is 32.4. The van der Waals surface area contributed by atoms with E-state index in [1.54, 1.807) is 6.92 Å². The molecule has 0 heterocycles. The number of aryl methyl sites for hydroxylation is 2. The molecule has 0 fully saturated rings. The number of rotatable bonds is 12. The second-order valence-electron chi connectivity index (χ2n) is 9.58. The maximum Gasteiger partial charge on any atom is 0.273 e. The maximum absolute atomic E-state index is 14.1. The standard InChI is InChI=1S/C29H33ClN4O7S/c1-6-24(29(36)31-4)32(17-21-9-7-8-19(2)14-21)28(35)18-33(26-15-22(30)11-13-27(26)41-5)42(39,40)23-12-10-20(3)25(16-23)34(37)38/h7-16,24H,6,17-18H2,1-5H3,(H,31,36)/t24-/m1/s1. The van der Waals surface area contributed by atoms with Crippen molar-refractivity contribution in [2.75, 3.05) is 25.0 Å². The lowest BCUT2D eigenvalue weighted by Crippen LogP contribution is -2.51. The summed E-state index contributed by atoms with van der Waals surface area (Å²) in [5.41, 5.74) is 1.51. The third-order valence-electron chi connectivity index (χ3n) is 6.72. The van der Waals surface area contributed by atoms with Gasteiger partial charge in [0.2, 0.25) is 11.8 Å². The van der Waals surface area contributed by atoms with E-state index in [0.29, 0.717) is 0 Å². The SMILES string of the molecule is CC[C@H](C(=O)NC)N(Cc1cccc(C)c1)C(=O)CN(c1cc(Cl)ccc1OC)S(=O)(=O)c1ccc(C)c([N+](=O)[O-])c1. The number of nitrogens with zero attached hydrogens (tertiary/aromatic N) is 3. The summed E-state index contributed by atoms with van der Waals surface area (Å²) >= 11 is 6.24. The summed E-state index contributed by atoms with van der Waals surface area (Å²) < 4.78 is 34.5. The number of anilines is 1. The number of halogens is 1. The molecule has 0 aromatic heterocycles. The Kier molecular flexibility index (Phi) is 10.5. The van der Waals surface area contributed by atoms with Gasteiger partial charge in [0.25, 0.3) is 15.7 Å². The van der Waals surface area contributed by atoms with Crippen LogP contribution in [0.15, 0.2) is 65.6 Å². The van der Waals surface area contributed by atoms with Gasteiger partial charge in [-0.05, 0) is 50.1 Å². The molecule has 0 saturated carbocycles. The molecule has 224 valence electrons.